The second kappa shape index (κ2) is 8.31. The van der Waals surface area contributed by atoms with Gasteiger partial charge in [-0.05, 0) is 23.8 Å². The van der Waals surface area contributed by atoms with Crippen molar-refractivity contribution in [1.82, 2.24) is 5.32 Å². The molecule has 0 saturated carbocycles. The van der Waals surface area contributed by atoms with Crippen LogP contribution in [0.15, 0.2) is 48.5 Å². The van der Waals surface area contributed by atoms with E-state index in [0.717, 1.165) is 11.6 Å². The van der Waals surface area contributed by atoms with E-state index in [1.807, 2.05) is 30.3 Å². The highest BCUT2D eigenvalue weighted by atomic mass is 35.5. The van der Waals surface area contributed by atoms with Gasteiger partial charge < -0.3 is 15.4 Å². The number of hydrogen-bond acceptors (Lipinski definition) is 3. The summed E-state index contributed by atoms with van der Waals surface area (Å²) < 4.78 is 17.8. The van der Waals surface area contributed by atoms with Crippen LogP contribution in [0.4, 0.5) is 14.9 Å². The molecule has 126 valence electrons. The Hall–Kier alpha value is -2.60. The molecule has 0 aromatic heterocycles. The lowest BCUT2D eigenvalue weighted by atomic mass is 10.1. The van der Waals surface area contributed by atoms with Gasteiger partial charge in [0, 0.05) is 12.1 Å². The summed E-state index contributed by atoms with van der Waals surface area (Å²) in [6, 6.07) is 11.5. The number of benzene rings is 2. The fourth-order valence-electron chi connectivity index (χ4n) is 2.08. The number of urea groups is 1. The highest BCUT2D eigenvalue weighted by Gasteiger charge is 2.22. The third kappa shape index (κ3) is 4.96. The van der Waals surface area contributed by atoms with Crippen molar-refractivity contribution in [3.8, 4) is 0 Å². The Morgan fingerprint density at radius 3 is 2.54 bits per heavy atom. The molecule has 24 heavy (non-hydrogen) atoms. The highest BCUT2D eigenvalue weighted by Crippen LogP contribution is 2.19. The fourth-order valence-corrected chi connectivity index (χ4v) is 2.27. The molecule has 2 amide bonds. The molecule has 0 aliphatic heterocycles. The molecule has 2 aromatic carbocycles. The third-order valence-corrected chi connectivity index (χ3v) is 3.54. The molecule has 2 rings (SSSR count). The van der Waals surface area contributed by atoms with Gasteiger partial charge in [-0.1, -0.05) is 41.9 Å². The summed E-state index contributed by atoms with van der Waals surface area (Å²) in [5.74, 6) is -1.15. The summed E-state index contributed by atoms with van der Waals surface area (Å²) in [7, 11) is 1.25. The predicted molar refractivity (Wildman–Crippen MR) is 89.5 cm³/mol. The summed E-state index contributed by atoms with van der Waals surface area (Å²) in [6.07, 6.45) is 0.283. The van der Waals surface area contributed by atoms with Crippen LogP contribution in [0.25, 0.3) is 0 Å². The quantitative estimate of drug-likeness (QED) is 0.812. The largest absolute Gasteiger partial charge is 0.467 e. The van der Waals surface area contributed by atoms with Crippen LogP contribution >= 0.6 is 11.6 Å². The molecule has 0 fully saturated rings. The van der Waals surface area contributed by atoms with Gasteiger partial charge in [0.1, 0.15) is 11.9 Å². The minimum absolute atomic E-state index is 0.110. The van der Waals surface area contributed by atoms with Gasteiger partial charge in [0.05, 0.1) is 12.1 Å². The molecule has 1 atom stereocenters. The fraction of sp³-hybridized carbons (Fsp3) is 0.176. The van der Waals surface area contributed by atoms with Crippen molar-refractivity contribution in [2.75, 3.05) is 12.4 Å². The van der Waals surface area contributed by atoms with Crippen molar-refractivity contribution < 1.29 is 18.7 Å². The molecular weight excluding hydrogens is 335 g/mol. The average Bonchev–Trinajstić information content (AvgIpc) is 2.58. The second-order valence-electron chi connectivity index (χ2n) is 4.99. The Morgan fingerprint density at radius 2 is 1.92 bits per heavy atom. The van der Waals surface area contributed by atoms with E-state index >= 15 is 0 Å². The molecule has 2 N–H and O–H groups in total. The standard InChI is InChI=1S/C17H16ClFN2O3/c1-24-16(22)15(9-11-5-3-2-4-6-11)21-17(23)20-12-7-8-14(19)13(18)10-12/h2-8,10,15H,9H2,1H3,(H2,20,21,23)/t15-/m0/s1. The molecular formula is C17H16ClFN2O3. The van der Waals surface area contributed by atoms with Gasteiger partial charge in [-0.3, -0.25) is 0 Å². The van der Waals surface area contributed by atoms with Crippen LogP contribution in [0.5, 0.6) is 0 Å². The van der Waals surface area contributed by atoms with E-state index in [-0.39, 0.29) is 11.4 Å². The lowest BCUT2D eigenvalue weighted by Crippen LogP contribution is -2.45. The van der Waals surface area contributed by atoms with E-state index in [1.54, 1.807) is 0 Å². The SMILES string of the molecule is COC(=O)[C@H](Cc1ccccc1)NC(=O)Nc1ccc(F)c(Cl)c1. The van der Waals surface area contributed by atoms with E-state index in [9.17, 15) is 14.0 Å². The smallest absolute Gasteiger partial charge is 0.328 e. The molecule has 0 bridgehead atoms. The van der Waals surface area contributed by atoms with Crippen LogP contribution in [0.3, 0.4) is 0 Å². The number of carbonyl (C=O) groups is 2. The summed E-state index contributed by atoms with van der Waals surface area (Å²) in [5.41, 5.74) is 1.18. The van der Waals surface area contributed by atoms with Crippen molar-refractivity contribution in [2.45, 2.75) is 12.5 Å². The van der Waals surface area contributed by atoms with Crippen LogP contribution in [0.2, 0.25) is 5.02 Å². The van der Waals surface area contributed by atoms with Gasteiger partial charge in [-0.25, -0.2) is 14.0 Å². The lowest BCUT2D eigenvalue weighted by Gasteiger charge is -2.17. The zero-order valence-electron chi connectivity index (χ0n) is 12.9. The first-order valence-electron chi connectivity index (χ1n) is 7.14. The van der Waals surface area contributed by atoms with Crippen LogP contribution in [-0.2, 0) is 16.0 Å². The van der Waals surface area contributed by atoms with Crippen molar-refractivity contribution >= 4 is 29.3 Å². The third-order valence-electron chi connectivity index (χ3n) is 3.25. The minimum Gasteiger partial charge on any atom is -0.467 e. The Morgan fingerprint density at radius 1 is 1.21 bits per heavy atom. The summed E-state index contributed by atoms with van der Waals surface area (Å²) in [5, 5.41) is 4.92. The first kappa shape index (κ1) is 17.7. The Kier molecular flexibility index (Phi) is 6.14. The molecule has 0 aliphatic rings. The number of rotatable bonds is 5. The second-order valence-corrected chi connectivity index (χ2v) is 5.40. The lowest BCUT2D eigenvalue weighted by molar-refractivity contribution is -0.142. The number of anilines is 1. The number of halogens is 2. The first-order chi connectivity index (χ1) is 11.5. The zero-order chi connectivity index (χ0) is 17.5. The van der Waals surface area contributed by atoms with E-state index in [2.05, 4.69) is 10.6 Å². The zero-order valence-corrected chi connectivity index (χ0v) is 13.6. The molecule has 0 unspecified atom stereocenters. The Balaban J connectivity index is 2.03. The minimum atomic E-state index is -0.853. The molecule has 7 heteroatoms. The summed E-state index contributed by atoms with van der Waals surface area (Å²) >= 11 is 5.66. The molecule has 5 nitrogen and oxygen atoms in total. The number of carbonyl (C=O) groups excluding carboxylic acids is 2. The number of hydrogen-bond donors (Lipinski definition) is 2. The summed E-state index contributed by atoms with van der Waals surface area (Å²) in [4.78, 5) is 23.9. The van der Waals surface area contributed by atoms with Crippen LogP contribution < -0.4 is 10.6 Å². The average molecular weight is 351 g/mol. The number of amides is 2. The van der Waals surface area contributed by atoms with E-state index < -0.39 is 23.9 Å². The van der Waals surface area contributed by atoms with Gasteiger partial charge in [0.15, 0.2) is 0 Å². The Bertz CT molecular complexity index is 725. The van der Waals surface area contributed by atoms with Crippen molar-refractivity contribution in [3.05, 3.63) is 64.9 Å². The maximum Gasteiger partial charge on any atom is 0.328 e. The van der Waals surface area contributed by atoms with Gasteiger partial charge in [-0.2, -0.15) is 0 Å². The monoisotopic (exact) mass is 350 g/mol. The molecule has 0 saturated heterocycles. The summed E-state index contributed by atoms with van der Waals surface area (Å²) in [6.45, 7) is 0. The maximum absolute atomic E-state index is 13.1. The number of ether oxygens (including phenoxy) is 1. The Labute approximate surface area is 143 Å². The molecule has 0 radical (unpaired) electrons. The molecule has 2 aromatic rings. The van der Waals surface area contributed by atoms with E-state index in [1.165, 1.54) is 19.2 Å². The van der Waals surface area contributed by atoms with Gasteiger partial charge in [0.2, 0.25) is 0 Å². The normalized spacial score (nSPS) is 11.5. The van der Waals surface area contributed by atoms with Gasteiger partial charge in [-0.15, -0.1) is 0 Å². The van der Waals surface area contributed by atoms with E-state index in [4.69, 9.17) is 16.3 Å². The van der Waals surface area contributed by atoms with Crippen molar-refractivity contribution in [1.29, 1.82) is 0 Å². The highest BCUT2D eigenvalue weighted by molar-refractivity contribution is 6.31. The van der Waals surface area contributed by atoms with Crippen LogP contribution in [0.1, 0.15) is 5.56 Å². The van der Waals surface area contributed by atoms with Crippen LogP contribution in [-0.4, -0.2) is 25.2 Å². The van der Waals surface area contributed by atoms with Crippen molar-refractivity contribution in [2.24, 2.45) is 0 Å². The maximum atomic E-state index is 13.1. The predicted octanol–water partition coefficient (Wildman–Crippen LogP) is 3.38. The molecule has 0 aliphatic carbocycles. The van der Waals surface area contributed by atoms with Gasteiger partial charge in [0.25, 0.3) is 0 Å². The van der Waals surface area contributed by atoms with Crippen molar-refractivity contribution in [3.63, 3.8) is 0 Å². The molecule has 0 heterocycles. The van der Waals surface area contributed by atoms with Gasteiger partial charge >= 0.3 is 12.0 Å². The van der Waals surface area contributed by atoms with Crippen LogP contribution in [0, 0.1) is 5.82 Å². The number of methoxy groups -OCH3 is 1. The number of nitrogens with one attached hydrogen (secondary N) is 2. The van der Waals surface area contributed by atoms with E-state index in [0.29, 0.717) is 5.69 Å². The topological polar surface area (TPSA) is 67.4 Å². The first-order valence-corrected chi connectivity index (χ1v) is 7.51. The molecule has 0 spiro atoms. The number of esters is 1.